The Morgan fingerprint density at radius 1 is 1.06 bits per heavy atom. The van der Waals surface area contributed by atoms with Gasteiger partial charge in [-0.3, -0.25) is 0 Å². The molecule has 1 atom stereocenters. The number of fused-ring (bicyclic) bond motifs is 1. The second-order valence-corrected chi connectivity index (χ2v) is 10.8. The Balaban J connectivity index is 1.67. The van der Waals surface area contributed by atoms with E-state index in [4.69, 9.17) is 16.1 Å². The summed E-state index contributed by atoms with van der Waals surface area (Å²) < 4.78 is 31.6. The monoisotopic (exact) mass is 497 g/mol. The van der Waals surface area contributed by atoms with Gasteiger partial charge in [-0.15, -0.1) is 0 Å². The number of anilines is 1. The third kappa shape index (κ3) is 4.15. The Labute approximate surface area is 203 Å². The lowest BCUT2D eigenvalue weighted by Crippen LogP contribution is -2.50. The van der Waals surface area contributed by atoms with E-state index in [2.05, 4.69) is 20.0 Å². The molecule has 3 heterocycles. The van der Waals surface area contributed by atoms with E-state index in [1.54, 1.807) is 0 Å². The Morgan fingerprint density at radius 3 is 2.50 bits per heavy atom. The van der Waals surface area contributed by atoms with Crippen LogP contribution in [0, 0.1) is 13.8 Å². The lowest BCUT2D eigenvalue weighted by atomic mass is 10.00. The van der Waals surface area contributed by atoms with Crippen molar-refractivity contribution in [2.75, 3.05) is 30.8 Å². The predicted molar refractivity (Wildman–Crippen MR) is 132 cm³/mol. The van der Waals surface area contributed by atoms with Crippen LogP contribution in [0.25, 0.3) is 22.0 Å². The Hall–Kier alpha value is -3.01. The third-order valence-electron chi connectivity index (χ3n) is 6.24. The van der Waals surface area contributed by atoms with Crippen LogP contribution in [0.3, 0.4) is 0 Å². The van der Waals surface area contributed by atoms with Crippen LogP contribution in [0.15, 0.2) is 53.1 Å². The minimum Gasteiger partial charge on any atom is -0.361 e. The normalized spacial score (nSPS) is 17.4. The van der Waals surface area contributed by atoms with Gasteiger partial charge in [-0.1, -0.05) is 41.6 Å². The highest BCUT2D eigenvalue weighted by molar-refractivity contribution is 7.88. The first-order valence-electron chi connectivity index (χ1n) is 10.9. The number of halogens is 1. The maximum Gasteiger partial charge on any atom is 0.224 e. The largest absolute Gasteiger partial charge is 0.361 e. The molecule has 0 N–H and O–H groups in total. The summed E-state index contributed by atoms with van der Waals surface area (Å²) in [7, 11) is -3.34. The third-order valence-corrected chi connectivity index (χ3v) is 7.68. The molecule has 1 aliphatic rings. The van der Waals surface area contributed by atoms with Crippen molar-refractivity contribution in [2.45, 2.75) is 19.9 Å². The molecule has 34 heavy (non-hydrogen) atoms. The molecule has 1 saturated heterocycles. The summed E-state index contributed by atoms with van der Waals surface area (Å²) in [5.74, 6) is 1.41. The molecule has 8 nitrogen and oxygen atoms in total. The Bertz CT molecular complexity index is 1450. The van der Waals surface area contributed by atoms with Crippen LogP contribution in [0.4, 0.5) is 5.82 Å². The van der Waals surface area contributed by atoms with Crippen molar-refractivity contribution in [1.82, 2.24) is 19.4 Å². The molecular weight excluding hydrogens is 474 g/mol. The summed E-state index contributed by atoms with van der Waals surface area (Å²) in [6.07, 6.45) is 1.25. The zero-order chi connectivity index (χ0) is 24.0. The lowest BCUT2D eigenvalue weighted by Gasteiger charge is -2.41. The number of hydrogen-bond donors (Lipinski definition) is 0. The highest BCUT2D eigenvalue weighted by Crippen LogP contribution is 2.37. The van der Waals surface area contributed by atoms with Gasteiger partial charge in [0.1, 0.15) is 11.6 Å². The molecule has 0 unspecified atom stereocenters. The second kappa shape index (κ2) is 8.65. The van der Waals surface area contributed by atoms with E-state index < -0.39 is 10.0 Å². The topological polar surface area (TPSA) is 92.4 Å². The second-order valence-electron chi connectivity index (χ2n) is 8.49. The van der Waals surface area contributed by atoms with E-state index in [9.17, 15) is 8.42 Å². The molecule has 10 heteroatoms. The van der Waals surface area contributed by atoms with Gasteiger partial charge in [0, 0.05) is 30.6 Å². The standard InChI is InChI=1S/C24H24ClN5O3S/c1-15-22(16(2)33-28-15)18-9-10-20-19(13-18)23(27-24(25)26-20)30-12-11-29(34(3,31)32)14-21(30)17-7-5-4-6-8-17/h4-10,13,21H,11-12,14H2,1-3H3/t21-/m1/s1. The van der Waals surface area contributed by atoms with Crippen LogP contribution in [0.2, 0.25) is 5.28 Å². The van der Waals surface area contributed by atoms with Crippen LogP contribution in [-0.4, -0.2) is 53.7 Å². The SMILES string of the molecule is Cc1noc(C)c1-c1ccc2nc(Cl)nc(N3CCN(S(C)(=O)=O)C[C@@H]3c3ccccc3)c2c1. The Kier molecular flexibility index (Phi) is 5.79. The van der Waals surface area contributed by atoms with Gasteiger partial charge in [-0.2, -0.15) is 9.29 Å². The predicted octanol–water partition coefficient (Wildman–Crippen LogP) is 4.38. The highest BCUT2D eigenvalue weighted by atomic mass is 35.5. The molecule has 5 rings (SSSR count). The van der Waals surface area contributed by atoms with E-state index in [-0.39, 0.29) is 11.3 Å². The number of benzene rings is 2. The smallest absolute Gasteiger partial charge is 0.224 e. The van der Waals surface area contributed by atoms with Crippen molar-refractivity contribution in [1.29, 1.82) is 0 Å². The number of hydrogen-bond acceptors (Lipinski definition) is 7. The van der Waals surface area contributed by atoms with E-state index in [0.717, 1.165) is 33.5 Å². The summed E-state index contributed by atoms with van der Waals surface area (Å²) >= 11 is 6.35. The summed E-state index contributed by atoms with van der Waals surface area (Å²) in [4.78, 5) is 11.2. The molecule has 0 radical (unpaired) electrons. The van der Waals surface area contributed by atoms with Crippen LogP contribution >= 0.6 is 11.6 Å². The van der Waals surface area contributed by atoms with Gasteiger partial charge in [0.15, 0.2) is 0 Å². The molecule has 0 aliphatic carbocycles. The molecule has 0 amide bonds. The number of aromatic nitrogens is 3. The van der Waals surface area contributed by atoms with Crippen molar-refractivity contribution in [3.8, 4) is 11.1 Å². The summed E-state index contributed by atoms with van der Waals surface area (Å²) in [6, 6.07) is 15.5. The molecule has 0 bridgehead atoms. The first kappa shape index (κ1) is 22.8. The van der Waals surface area contributed by atoms with Crippen LogP contribution in [-0.2, 0) is 10.0 Å². The molecule has 2 aromatic heterocycles. The van der Waals surface area contributed by atoms with Gasteiger partial charge in [0.05, 0.1) is 23.5 Å². The number of sulfonamides is 1. The van der Waals surface area contributed by atoms with Crippen LogP contribution < -0.4 is 4.90 Å². The van der Waals surface area contributed by atoms with Gasteiger partial charge in [-0.05, 0) is 48.7 Å². The van der Waals surface area contributed by atoms with Gasteiger partial charge < -0.3 is 9.42 Å². The maximum absolute atomic E-state index is 12.4. The molecule has 176 valence electrons. The fourth-order valence-corrected chi connectivity index (χ4v) is 5.62. The van der Waals surface area contributed by atoms with E-state index >= 15 is 0 Å². The van der Waals surface area contributed by atoms with Crippen molar-refractivity contribution >= 4 is 38.3 Å². The minimum atomic E-state index is -3.34. The van der Waals surface area contributed by atoms with Crippen molar-refractivity contribution in [2.24, 2.45) is 0 Å². The number of nitrogens with zero attached hydrogens (tertiary/aromatic N) is 5. The van der Waals surface area contributed by atoms with Gasteiger partial charge >= 0.3 is 0 Å². The van der Waals surface area contributed by atoms with Crippen LogP contribution in [0.5, 0.6) is 0 Å². The quantitative estimate of drug-likeness (QED) is 0.386. The average molecular weight is 498 g/mol. The molecule has 4 aromatic rings. The fraction of sp³-hybridized carbons (Fsp3) is 0.292. The van der Waals surface area contributed by atoms with Crippen molar-refractivity contribution < 1.29 is 12.9 Å². The molecule has 2 aromatic carbocycles. The van der Waals surface area contributed by atoms with E-state index in [1.165, 1.54) is 10.6 Å². The maximum atomic E-state index is 12.4. The van der Waals surface area contributed by atoms with Gasteiger partial charge in [-0.25, -0.2) is 13.4 Å². The van der Waals surface area contributed by atoms with Gasteiger partial charge in [0.25, 0.3) is 0 Å². The number of piperazine rings is 1. The average Bonchev–Trinajstić information content (AvgIpc) is 3.15. The van der Waals surface area contributed by atoms with E-state index in [1.807, 2.05) is 62.4 Å². The van der Waals surface area contributed by atoms with E-state index in [0.29, 0.717) is 31.0 Å². The van der Waals surface area contributed by atoms with Crippen molar-refractivity contribution in [3.63, 3.8) is 0 Å². The number of aryl methyl sites for hydroxylation is 2. The zero-order valence-electron chi connectivity index (χ0n) is 19.1. The Morgan fingerprint density at radius 2 is 1.82 bits per heavy atom. The van der Waals surface area contributed by atoms with Gasteiger partial charge in [0.2, 0.25) is 15.3 Å². The highest BCUT2D eigenvalue weighted by Gasteiger charge is 2.34. The van der Waals surface area contributed by atoms with Crippen molar-refractivity contribution in [3.05, 3.63) is 70.8 Å². The summed E-state index contributed by atoms with van der Waals surface area (Å²) in [6.45, 7) is 4.93. The molecule has 1 aliphatic heterocycles. The first-order chi connectivity index (χ1) is 16.2. The lowest BCUT2D eigenvalue weighted by molar-refractivity contribution is 0.337. The molecular formula is C24H24ClN5O3S. The zero-order valence-corrected chi connectivity index (χ0v) is 20.6. The number of rotatable bonds is 4. The summed E-state index contributed by atoms with van der Waals surface area (Å²) in [5, 5.41) is 5.05. The molecule has 0 spiro atoms. The molecule has 1 fully saturated rings. The summed E-state index contributed by atoms with van der Waals surface area (Å²) in [5.41, 5.74) is 4.40. The van der Waals surface area contributed by atoms with Crippen LogP contribution in [0.1, 0.15) is 23.1 Å². The first-order valence-corrected chi connectivity index (χ1v) is 13.1. The minimum absolute atomic E-state index is 0.143. The fourth-order valence-electron chi connectivity index (χ4n) is 4.63. The molecule has 0 saturated carbocycles.